The average molecular weight is 218 g/mol. The Bertz CT molecular complexity index is 268. The molecule has 0 spiro atoms. The zero-order chi connectivity index (χ0) is 10.9. The molecule has 2 N–H and O–H groups in total. The number of alkyl halides is 2. The molecule has 13 heavy (non-hydrogen) atoms. The van der Waals surface area contributed by atoms with Crippen LogP contribution in [-0.2, 0) is 10.1 Å². The van der Waals surface area contributed by atoms with Crippen molar-refractivity contribution in [1.29, 1.82) is 0 Å². The van der Waals surface area contributed by atoms with Gasteiger partial charge in [0.25, 0.3) is 0 Å². The molecule has 0 saturated heterocycles. The van der Waals surface area contributed by atoms with Crippen molar-refractivity contribution >= 4 is 10.1 Å². The Morgan fingerprint density at radius 3 is 1.62 bits per heavy atom. The van der Waals surface area contributed by atoms with Crippen molar-refractivity contribution in [2.45, 2.75) is 37.5 Å². The minimum Gasteiger partial charge on any atom is -0.382 e. The fourth-order valence-corrected chi connectivity index (χ4v) is 1.67. The monoisotopic (exact) mass is 218 g/mol. The third-order valence-electron chi connectivity index (χ3n) is 2.04. The van der Waals surface area contributed by atoms with Gasteiger partial charge in [0.1, 0.15) is 5.60 Å². The van der Waals surface area contributed by atoms with Crippen molar-refractivity contribution in [2.24, 2.45) is 0 Å². The minimum atomic E-state index is -5.57. The molecule has 0 aliphatic rings. The first-order chi connectivity index (χ1) is 5.62. The normalized spacial score (nSPS) is 14.6. The van der Waals surface area contributed by atoms with Crippen molar-refractivity contribution in [3.8, 4) is 0 Å². The lowest BCUT2D eigenvalue weighted by molar-refractivity contribution is -0.133. The average Bonchev–Trinajstić information content (AvgIpc) is 2.00. The van der Waals surface area contributed by atoms with E-state index in [0.29, 0.717) is 0 Å². The molecule has 0 heterocycles. The maximum Gasteiger partial charge on any atom is 0.397 e. The van der Waals surface area contributed by atoms with E-state index < -0.39 is 33.8 Å². The summed E-state index contributed by atoms with van der Waals surface area (Å²) in [4.78, 5) is 0. The second kappa shape index (κ2) is 3.47. The molecule has 80 valence electrons. The Kier molecular flexibility index (Phi) is 3.40. The summed E-state index contributed by atoms with van der Waals surface area (Å²) in [5.74, 6) is 0. The fraction of sp³-hybridized carbons (Fsp3) is 1.00. The van der Waals surface area contributed by atoms with Crippen LogP contribution >= 0.6 is 0 Å². The highest BCUT2D eigenvalue weighted by Gasteiger charge is 2.60. The highest BCUT2D eigenvalue weighted by molar-refractivity contribution is 7.87. The van der Waals surface area contributed by atoms with Crippen LogP contribution in [0.5, 0.6) is 0 Å². The van der Waals surface area contributed by atoms with Crippen LogP contribution in [0.25, 0.3) is 0 Å². The molecule has 0 aromatic heterocycles. The van der Waals surface area contributed by atoms with Gasteiger partial charge in [-0.3, -0.25) is 4.55 Å². The lowest BCUT2D eigenvalue weighted by Gasteiger charge is -2.31. The summed E-state index contributed by atoms with van der Waals surface area (Å²) in [5, 5.41) is 4.68. The van der Waals surface area contributed by atoms with E-state index in [9.17, 15) is 22.3 Å². The summed E-state index contributed by atoms with van der Waals surface area (Å²) in [6, 6.07) is 0. The first-order valence-electron chi connectivity index (χ1n) is 3.69. The summed E-state index contributed by atoms with van der Waals surface area (Å²) in [6.45, 7) is 2.42. The second-order valence-electron chi connectivity index (χ2n) is 2.73. The molecule has 0 aromatic rings. The molecule has 0 aliphatic heterocycles. The van der Waals surface area contributed by atoms with Crippen LogP contribution in [0.4, 0.5) is 8.78 Å². The molecule has 0 bridgehead atoms. The summed E-state index contributed by atoms with van der Waals surface area (Å²) in [6.07, 6.45) is -0.924. The molecule has 0 saturated carbocycles. The Morgan fingerprint density at radius 2 is 1.54 bits per heavy atom. The van der Waals surface area contributed by atoms with Crippen LogP contribution in [0, 0.1) is 0 Å². The third-order valence-corrected chi connectivity index (χ3v) is 3.06. The Morgan fingerprint density at radius 1 is 1.23 bits per heavy atom. The van der Waals surface area contributed by atoms with Gasteiger partial charge in [-0.2, -0.15) is 17.2 Å². The van der Waals surface area contributed by atoms with Crippen molar-refractivity contribution < 1.29 is 26.9 Å². The zero-order valence-corrected chi connectivity index (χ0v) is 8.11. The third kappa shape index (κ3) is 1.97. The quantitative estimate of drug-likeness (QED) is 0.691. The van der Waals surface area contributed by atoms with E-state index in [1.165, 1.54) is 13.8 Å². The Hall–Kier alpha value is -0.270. The maximum atomic E-state index is 12.9. The number of aliphatic hydroxyl groups is 1. The minimum absolute atomic E-state index is 0.462. The van der Waals surface area contributed by atoms with Crippen molar-refractivity contribution in [3.05, 3.63) is 0 Å². The molecule has 0 atom stereocenters. The summed E-state index contributed by atoms with van der Waals surface area (Å²) >= 11 is 0. The van der Waals surface area contributed by atoms with E-state index in [1.807, 2.05) is 0 Å². The Balaban J connectivity index is 5.25. The van der Waals surface area contributed by atoms with Crippen molar-refractivity contribution in [3.63, 3.8) is 0 Å². The molecule has 0 amide bonds. The lowest BCUT2D eigenvalue weighted by atomic mass is 9.98. The number of hydrogen-bond donors (Lipinski definition) is 2. The second-order valence-corrected chi connectivity index (χ2v) is 4.19. The van der Waals surface area contributed by atoms with Crippen LogP contribution in [-0.4, -0.2) is 28.9 Å². The SMILES string of the molecule is CCC(O)(CC)C(F)(F)S(=O)(=O)O. The standard InChI is InChI=1S/C6H12F2O4S/c1-3-5(9,4-2)6(7,8)13(10,11)12/h9H,3-4H2,1-2H3,(H,10,11,12). The Labute approximate surface area is 75.3 Å². The van der Waals surface area contributed by atoms with Gasteiger partial charge in [0.15, 0.2) is 0 Å². The zero-order valence-electron chi connectivity index (χ0n) is 7.29. The lowest BCUT2D eigenvalue weighted by Crippen LogP contribution is -2.52. The molecule has 0 rings (SSSR count). The smallest absolute Gasteiger partial charge is 0.382 e. The van der Waals surface area contributed by atoms with Crippen molar-refractivity contribution in [2.75, 3.05) is 0 Å². The van der Waals surface area contributed by atoms with E-state index in [2.05, 4.69) is 0 Å². The first-order valence-corrected chi connectivity index (χ1v) is 5.13. The highest BCUT2D eigenvalue weighted by atomic mass is 32.2. The maximum absolute atomic E-state index is 12.9. The van der Waals surface area contributed by atoms with Gasteiger partial charge in [0.05, 0.1) is 0 Å². The van der Waals surface area contributed by atoms with Crippen LogP contribution in [0.3, 0.4) is 0 Å². The van der Waals surface area contributed by atoms with Crippen LogP contribution in [0.2, 0.25) is 0 Å². The molecule has 4 nitrogen and oxygen atoms in total. The predicted molar refractivity (Wildman–Crippen MR) is 42.0 cm³/mol. The predicted octanol–water partition coefficient (Wildman–Crippen LogP) is 1.02. The number of rotatable bonds is 4. The summed E-state index contributed by atoms with van der Waals surface area (Å²) in [7, 11) is -5.57. The van der Waals surface area contributed by atoms with Crippen LogP contribution in [0.1, 0.15) is 26.7 Å². The van der Waals surface area contributed by atoms with Gasteiger partial charge < -0.3 is 5.11 Å². The number of hydrogen-bond acceptors (Lipinski definition) is 3. The summed E-state index contributed by atoms with van der Waals surface area (Å²) in [5.41, 5.74) is -2.71. The van der Waals surface area contributed by atoms with Crippen LogP contribution < -0.4 is 0 Å². The molecule has 0 unspecified atom stereocenters. The van der Waals surface area contributed by atoms with Gasteiger partial charge >= 0.3 is 15.4 Å². The fourth-order valence-electron chi connectivity index (χ4n) is 0.902. The molecule has 7 heteroatoms. The van der Waals surface area contributed by atoms with Gasteiger partial charge in [-0.15, -0.1) is 0 Å². The van der Waals surface area contributed by atoms with Gasteiger partial charge in [0, 0.05) is 0 Å². The molecule has 0 aliphatic carbocycles. The van der Waals surface area contributed by atoms with E-state index in [4.69, 9.17) is 4.55 Å². The first kappa shape index (κ1) is 12.7. The van der Waals surface area contributed by atoms with Gasteiger partial charge in [-0.1, -0.05) is 13.8 Å². The number of halogens is 2. The molecular formula is C6H12F2O4S. The van der Waals surface area contributed by atoms with Gasteiger partial charge in [-0.05, 0) is 12.8 Å². The molecule has 0 fully saturated rings. The van der Waals surface area contributed by atoms with Gasteiger partial charge in [0.2, 0.25) is 0 Å². The van der Waals surface area contributed by atoms with E-state index >= 15 is 0 Å². The highest BCUT2D eigenvalue weighted by Crippen LogP contribution is 2.38. The van der Waals surface area contributed by atoms with E-state index in [0.717, 1.165) is 0 Å². The van der Waals surface area contributed by atoms with Crippen molar-refractivity contribution in [1.82, 2.24) is 0 Å². The molecule has 0 aromatic carbocycles. The largest absolute Gasteiger partial charge is 0.397 e. The van der Waals surface area contributed by atoms with Crippen LogP contribution in [0.15, 0.2) is 0 Å². The van der Waals surface area contributed by atoms with E-state index in [1.54, 1.807) is 0 Å². The molecule has 0 radical (unpaired) electrons. The topological polar surface area (TPSA) is 74.6 Å². The van der Waals surface area contributed by atoms with E-state index in [-0.39, 0.29) is 0 Å². The van der Waals surface area contributed by atoms with Gasteiger partial charge in [-0.25, -0.2) is 0 Å². The molecular weight excluding hydrogens is 206 g/mol. The summed E-state index contributed by atoms with van der Waals surface area (Å²) < 4.78 is 54.5.